The number of amides is 2. The van der Waals surface area contributed by atoms with Crippen LogP contribution < -0.4 is 14.8 Å². The molecule has 0 aromatic heterocycles. The number of aliphatic carboxylic acids is 1. The third-order valence-corrected chi connectivity index (χ3v) is 7.37. The molecule has 9 heteroatoms. The zero-order valence-electron chi connectivity index (χ0n) is 23.9. The molecule has 39 heavy (non-hydrogen) atoms. The fourth-order valence-electron chi connectivity index (χ4n) is 5.04. The first kappa shape index (κ1) is 30.2. The first-order valence-electron chi connectivity index (χ1n) is 13.5. The van der Waals surface area contributed by atoms with Gasteiger partial charge < -0.3 is 34.3 Å². The summed E-state index contributed by atoms with van der Waals surface area (Å²) in [6.07, 6.45) is 0.219. The van der Waals surface area contributed by atoms with E-state index in [9.17, 15) is 14.7 Å². The summed E-state index contributed by atoms with van der Waals surface area (Å²) in [5.74, 6) is 0.355. The van der Waals surface area contributed by atoms with Crippen molar-refractivity contribution in [3.8, 4) is 11.5 Å². The van der Waals surface area contributed by atoms with Gasteiger partial charge in [0.05, 0.1) is 38.6 Å². The maximum atomic E-state index is 13.7. The van der Waals surface area contributed by atoms with Gasteiger partial charge in [-0.2, -0.15) is 0 Å². The molecule has 2 aromatic rings. The molecule has 0 aliphatic heterocycles. The van der Waals surface area contributed by atoms with Gasteiger partial charge in [-0.25, -0.2) is 9.59 Å². The summed E-state index contributed by atoms with van der Waals surface area (Å²) in [6, 6.07) is 10.9. The Morgan fingerprint density at radius 1 is 1.10 bits per heavy atom. The van der Waals surface area contributed by atoms with Gasteiger partial charge in [0.25, 0.3) is 0 Å². The normalized spacial score (nSPS) is 19.1. The smallest absolute Gasteiger partial charge is 0.329 e. The largest absolute Gasteiger partial charge is 0.493 e. The molecule has 1 aliphatic carbocycles. The van der Waals surface area contributed by atoms with Crippen molar-refractivity contribution in [3.05, 3.63) is 58.7 Å². The highest BCUT2D eigenvalue weighted by molar-refractivity contribution is 5.87. The number of carbonyl (C=O) groups is 2. The maximum Gasteiger partial charge on any atom is 0.329 e. The van der Waals surface area contributed by atoms with Gasteiger partial charge >= 0.3 is 12.0 Å². The Balaban J connectivity index is 1.89. The molecule has 1 fully saturated rings. The highest BCUT2D eigenvalue weighted by Crippen LogP contribution is 2.39. The van der Waals surface area contributed by atoms with Gasteiger partial charge in [0.15, 0.2) is 0 Å². The van der Waals surface area contributed by atoms with Crippen LogP contribution in [0.5, 0.6) is 11.5 Å². The third kappa shape index (κ3) is 7.02. The van der Waals surface area contributed by atoms with E-state index in [4.69, 9.17) is 18.9 Å². The monoisotopic (exact) mass is 542 g/mol. The lowest BCUT2D eigenvalue weighted by Gasteiger charge is -2.45. The van der Waals surface area contributed by atoms with Crippen molar-refractivity contribution in [1.29, 1.82) is 0 Å². The fourth-order valence-corrected chi connectivity index (χ4v) is 5.04. The Hall–Kier alpha value is -3.30. The number of nitrogens with one attached hydrogen (secondary N) is 1. The van der Waals surface area contributed by atoms with E-state index in [2.05, 4.69) is 5.32 Å². The van der Waals surface area contributed by atoms with Crippen molar-refractivity contribution in [3.63, 3.8) is 0 Å². The van der Waals surface area contributed by atoms with E-state index < -0.39 is 23.6 Å². The predicted molar refractivity (Wildman–Crippen MR) is 148 cm³/mol. The lowest BCUT2D eigenvalue weighted by molar-refractivity contribution is -0.155. The average Bonchev–Trinajstić information content (AvgIpc) is 2.90. The molecule has 0 radical (unpaired) electrons. The second kappa shape index (κ2) is 13.7. The van der Waals surface area contributed by atoms with Crippen LogP contribution in [0.15, 0.2) is 36.4 Å². The summed E-state index contributed by atoms with van der Waals surface area (Å²) in [7, 11) is 1.54. The molecule has 0 unspecified atom stereocenters. The molecule has 1 atom stereocenters. The molecule has 214 valence electrons. The molecule has 2 N–H and O–H groups in total. The van der Waals surface area contributed by atoms with Crippen LogP contribution in [0.4, 0.5) is 4.79 Å². The summed E-state index contributed by atoms with van der Waals surface area (Å²) in [5, 5.41) is 12.7. The first-order valence-corrected chi connectivity index (χ1v) is 13.5. The van der Waals surface area contributed by atoms with Crippen LogP contribution >= 0.6 is 0 Å². The van der Waals surface area contributed by atoms with Crippen molar-refractivity contribution in [2.75, 3.05) is 33.5 Å². The number of nitrogens with zero attached hydrogens (tertiary/aromatic N) is 1. The van der Waals surface area contributed by atoms with Gasteiger partial charge in [0.1, 0.15) is 17.0 Å². The number of hydrogen-bond donors (Lipinski definition) is 2. The van der Waals surface area contributed by atoms with Gasteiger partial charge in [-0.05, 0) is 57.4 Å². The van der Waals surface area contributed by atoms with Crippen molar-refractivity contribution in [1.82, 2.24) is 10.2 Å². The molecular formula is C30H42N2O7. The van der Waals surface area contributed by atoms with E-state index in [1.807, 2.05) is 71.0 Å². The Kier molecular flexibility index (Phi) is 10.6. The quantitative estimate of drug-likeness (QED) is 0.323. The molecule has 2 amide bonds. The Labute approximate surface area is 231 Å². The topological polar surface area (TPSA) is 107 Å². The lowest BCUT2D eigenvalue weighted by Crippen LogP contribution is -2.66. The zero-order chi connectivity index (χ0) is 28.6. The SMILES string of the molecule is CCOc1cc([C@@H](C)N(CCOCc2ccccc2)C(=O)NC2(C(=O)O)CC(OC)C2)c(C)c(OCC)c1C. The molecular weight excluding hydrogens is 500 g/mol. The summed E-state index contributed by atoms with van der Waals surface area (Å²) in [4.78, 5) is 27.5. The summed E-state index contributed by atoms with van der Waals surface area (Å²) >= 11 is 0. The molecule has 1 aliphatic rings. The van der Waals surface area contributed by atoms with Crippen LogP contribution in [0.3, 0.4) is 0 Å². The number of urea groups is 1. The third-order valence-electron chi connectivity index (χ3n) is 7.37. The summed E-state index contributed by atoms with van der Waals surface area (Å²) in [5.41, 5.74) is 2.33. The minimum Gasteiger partial charge on any atom is -0.493 e. The van der Waals surface area contributed by atoms with Crippen LogP contribution in [0, 0.1) is 13.8 Å². The average molecular weight is 543 g/mol. The van der Waals surface area contributed by atoms with Gasteiger partial charge in [0, 0.05) is 32.1 Å². The number of carboxylic acids is 1. The van der Waals surface area contributed by atoms with E-state index in [0.717, 1.165) is 28.0 Å². The minimum atomic E-state index is -1.37. The highest BCUT2D eigenvalue weighted by atomic mass is 16.5. The van der Waals surface area contributed by atoms with Crippen molar-refractivity contribution < 1.29 is 33.6 Å². The molecule has 1 saturated carbocycles. The van der Waals surface area contributed by atoms with Gasteiger partial charge in [-0.1, -0.05) is 30.3 Å². The van der Waals surface area contributed by atoms with Crippen LogP contribution in [-0.2, 0) is 20.9 Å². The number of methoxy groups -OCH3 is 1. The standard InChI is InChI=1S/C30H42N2O7/c1-7-38-26-16-25(20(3)27(21(26)4)39-8-2)22(5)32(14-15-37-19-23-12-10-9-11-13-23)29(35)31-30(28(33)34)17-24(18-30)36-6/h9-13,16,22,24H,7-8,14-15,17-19H2,1-6H3,(H,31,35)(H,33,34)/t22-,24?,30?/m1/s1. The van der Waals surface area contributed by atoms with Gasteiger partial charge in [-0.3, -0.25) is 0 Å². The number of benzene rings is 2. The molecule has 0 spiro atoms. The molecule has 0 heterocycles. The second-order valence-electron chi connectivity index (χ2n) is 9.90. The van der Waals surface area contributed by atoms with Crippen LogP contribution in [0.1, 0.15) is 61.9 Å². The number of rotatable bonds is 14. The summed E-state index contributed by atoms with van der Waals surface area (Å²) in [6.45, 7) is 11.6. The minimum absolute atomic E-state index is 0.205. The van der Waals surface area contributed by atoms with Crippen LogP contribution in [0.2, 0.25) is 0 Å². The summed E-state index contributed by atoms with van der Waals surface area (Å²) < 4.78 is 23.1. The van der Waals surface area contributed by atoms with Crippen LogP contribution in [0.25, 0.3) is 0 Å². The Morgan fingerprint density at radius 3 is 2.36 bits per heavy atom. The van der Waals surface area contributed by atoms with E-state index >= 15 is 0 Å². The molecule has 9 nitrogen and oxygen atoms in total. The number of carbonyl (C=O) groups excluding carboxylic acids is 1. The first-order chi connectivity index (χ1) is 18.7. The van der Waals surface area contributed by atoms with E-state index in [1.165, 1.54) is 0 Å². The Bertz CT molecular complexity index is 1120. The van der Waals surface area contributed by atoms with E-state index in [1.54, 1.807) is 12.0 Å². The van der Waals surface area contributed by atoms with E-state index in [-0.39, 0.29) is 32.1 Å². The second-order valence-corrected chi connectivity index (χ2v) is 9.90. The van der Waals surface area contributed by atoms with Crippen molar-refractivity contribution in [2.24, 2.45) is 0 Å². The predicted octanol–water partition coefficient (Wildman–Crippen LogP) is 5.02. The molecule has 3 rings (SSSR count). The van der Waals surface area contributed by atoms with Crippen LogP contribution in [-0.4, -0.2) is 67.1 Å². The molecule has 0 saturated heterocycles. The van der Waals surface area contributed by atoms with Crippen molar-refractivity contribution >= 4 is 12.0 Å². The Morgan fingerprint density at radius 2 is 1.77 bits per heavy atom. The maximum absolute atomic E-state index is 13.7. The zero-order valence-corrected chi connectivity index (χ0v) is 23.9. The number of carboxylic acid groups (broad SMARTS) is 1. The highest BCUT2D eigenvalue weighted by Gasteiger charge is 2.52. The lowest BCUT2D eigenvalue weighted by atomic mass is 9.74. The van der Waals surface area contributed by atoms with Crippen molar-refractivity contribution in [2.45, 2.75) is 71.8 Å². The molecule has 2 aromatic carbocycles. The van der Waals surface area contributed by atoms with Gasteiger partial charge in [0.2, 0.25) is 0 Å². The number of ether oxygens (including phenoxy) is 4. The fraction of sp³-hybridized carbons (Fsp3) is 0.533. The van der Waals surface area contributed by atoms with Gasteiger partial charge in [-0.15, -0.1) is 0 Å². The molecule has 0 bridgehead atoms. The number of hydrogen-bond acceptors (Lipinski definition) is 6. The van der Waals surface area contributed by atoms with E-state index in [0.29, 0.717) is 25.6 Å².